The summed E-state index contributed by atoms with van der Waals surface area (Å²) in [5, 5.41) is 0. The molecule has 142 valence electrons. The lowest BCUT2D eigenvalue weighted by Crippen LogP contribution is -2.53. The molecule has 2 rings (SSSR count). The van der Waals surface area contributed by atoms with Crippen LogP contribution in [0.25, 0.3) is 0 Å². The van der Waals surface area contributed by atoms with Gasteiger partial charge in [-0.25, -0.2) is 4.79 Å². The molecule has 0 saturated carbocycles. The molecule has 7 nitrogen and oxygen atoms in total. The van der Waals surface area contributed by atoms with Gasteiger partial charge in [-0.1, -0.05) is 0 Å². The maximum Gasteiger partial charge on any atom is 0.410 e. The van der Waals surface area contributed by atoms with Gasteiger partial charge in [0.05, 0.1) is 13.5 Å². The minimum Gasteiger partial charge on any atom is -0.469 e. The van der Waals surface area contributed by atoms with E-state index in [4.69, 9.17) is 9.47 Å². The standard InChI is InChI=1S/C18H30N2O5/c1-18(2,3)25-17(23)19-10-7-14(8-11-19)20-9-5-6-13(16(20)22)12-15(21)24-4/h13-14H,5-12H2,1-4H3/t13-/m1/s1. The van der Waals surface area contributed by atoms with Crippen molar-refractivity contribution >= 4 is 18.0 Å². The Morgan fingerprint density at radius 2 is 1.76 bits per heavy atom. The molecule has 2 amide bonds. The number of esters is 1. The van der Waals surface area contributed by atoms with Crippen LogP contribution in [-0.2, 0) is 19.1 Å². The third-order valence-corrected chi connectivity index (χ3v) is 4.78. The molecule has 0 spiro atoms. The number of carbonyl (C=O) groups is 3. The van der Waals surface area contributed by atoms with Crippen molar-refractivity contribution in [3.8, 4) is 0 Å². The van der Waals surface area contributed by atoms with Crippen molar-refractivity contribution in [2.24, 2.45) is 5.92 Å². The molecule has 0 aromatic carbocycles. The van der Waals surface area contributed by atoms with Gasteiger partial charge >= 0.3 is 12.1 Å². The third kappa shape index (κ3) is 5.34. The van der Waals surface area contributed by atoms with E-state index in [9.17, 15) is 14.4 Å². The van der Waals surface area contributed by atoms with Crippen molar-refractivity contribution in [2.45, 2.75) is 64.5 Å². The van der Waals surface area contributed by atoms with Gasteiger partial charge in [-0.15, -0.1) is 0 Å². The zero-order valence-electron chi connectivity index (χ0n) is 15.7. The van der Waals surface area contributed by atoms with Crippen molar-refractivity contribution in [1.29, 1.82) is 0 Å². The highest BCUT2D eigenvalue weighted by Crippen LogP contribution is 2.27. The van der Waals surface area contributed by atoms with Crippen LogP contribution in [-0.4, -0.2) is 66.2 Å². The first-order valence-corrected chi connectivity index (χ1v) is 9.06. The molecule has 2 fully saturated rings. The van der Waals surface area contributed by atoms with Crippen LogP contribution >= 0.6 is 0 Å². The number of hydrogen-bond donors (Lipinski definition) is 0. The number of rotatable bonds is 3. The summed E-state index contributed by atoms with van der Waals surface area (Å²) in [6.45, 7) is 7.46. The van der Waals surface area contributed by atoms with E-state index < -0.39 is 5.60 Å². The van der Waals surface area contributed by atoms with Crippen LogP contribution in [0, 0.1) is 5.92 Å². The average molecular weight is 354 g/mol. The molecule has 0 aromatic rings. The first kappa shape index (κ1) is 19.5. The minimum atomic E-state index is -0.502. The van der Waals surface area contributed by atoms with Gasteiger partial charge in [0.1, 0.15) is 5.60 Å². The molecule has 2 saturated heterocycles. The number of ether oxygens (including phenoxy) is 2. The Bertz CT molecular complexity index is 506. The van der Waals surface area contributed by atoms with Crippen molar-refractivity contribution in [1.82, 2.24) is 9.80 Å². The van der Waals surface area contributed by atoms with Gasteiger partial charge in [0.25, 0.3) is 0 Å². The molecular weight excluding hydrogens is 324 g/mol. The quantitative estimate of drug-likeness (QED) is 0.726. The molecule has 25 heavy (non-hydrogen) atoms. The Hall–Kier alpha value is -1.79. The Morgan fingerprint density at radius 1 is 1.12 bits per heavy atom. The summed E-state index contributed by atoms with van der Waals surface area (Å²) in [7, 11) is 1.35. The van der Waals surface area contributed by atoms with Crippen LogP contribution in [0.15, 0.2) is 0 Å². The van der Waals surface area contributed by atoms with E-state index in [0.717, 1.165) is 32.2 Å². The smallest absolute Gasteiger partial charge is 0.410 e. The molecule has 7 heteroatoms. The average Bonchev–Trinajstić information content (AvgIpc) is 2.55. The molecule has 0 aliphatic carbocycles. The van der Waals surface area contributed by atoms with Crippen LogP contribution in [0.2, 0.25) is 0 Å². The topological polar surface area (TPSA) is 76.2 Å². The van der Waals surface area contributed by atoms with Crippen molar-refractivity contribution in [3.63, 3.8) is 0 Å². The summed E-state index contributed by atoms with van der Waals surface area (Å²) in [5.74, 6) is -0.558. The molecule has 0 bridgehead atoms. The van der Waals surface area contributed by atoms with Gasteiger partial charge in [0.15, 0.2) is 0 Å². The molecule has 0 aromatic heterocycles. The predicted octanol–water partition coefficient (Wildman–Crippen LogP) is 2.19. The zero-order valence-corrected chi connectivity index (χ0v) is 15.7. The molecule has 2 aliphatic heterocycles. The van der Waals surface area contributed by atoms with Crippen LogP contribution in [0.4, 0.5) is 4.79 Å². The first-order chi connectivity index (χ1) is 11.7. The van der Waals surface area contributed by atoms with Gasteiger partial charge in [0.2, 0.25) is 5.91 Å². The van der Waals surface area contributed by atoms with Crippen LogP contribution in [0.3, 0.4) is 0 Å². The molecule has 0 unspecified atom stereocenters. The molecule has 2 aliphatic rings. The fourth-order valence-corrected chi connectivity index (χ4v) is 3.50. The van der Waals surface area contributed by atoms with Crippen LogP contribution in [0.1, 0.15) is 52.9 Å². The summed E-state index contributed by atoms with van der Waals surface area (Å²) >= 11 is 0. The lowest BCUT2D eigenvalue weighted by atomic mass is 9.91. The number of hydrogen-bond acceptors (Lipinski definition) is 5. The number of amides is 2. The highest BCUT2D eigenvalue weighted by Gasteiger charge is 2.36. The van der Waals surface area contributed by atoms with Gasteiger partial charge < -0.3 is 19.3 Å². The highest BCUT2D eigenvalue weighted by atomic mass is 16.6. The third-order valence-electron chi connectivity index (χ3n) is 4.78. The largest absolute Gasteiger partial charge is 0.469 e. The van der Waals surface area contributed by atoms with Gasteiger partial charge in [-0.2, -0.15) is 0 Å². The maximum absolute atomic E-state index is 12.7. The van der Waals surface area contributed by atoms with E-state index in [1.165, 1.54) is 7.11 Å². The number of piperidine rings is 2. The second-order valence-electron chi connectivity index (χ2n) is 7.85. The monoisotopic (exact) mass is 354 g/mol. The van der Waals surface area contributed by atoms with E-state index in [1.54, 1.807) is 4.90 Å². The second-order valence-corrected chi connectivity index (χ2v) is 7.85. The minimum absolute atomic E-state index is 0.0485. The number of carbonyl (C=O) groups excluding carboxylic acids is 3. The molecule has 2 heterocycles. The normalized spacial score (nSPS) is 22.7. The van der Waals surface area contributed by atoms with Crippen molar-refractivity contribution in [3.05, 3.63) is 0 Å². The van der Waals surface area contributed by atoms with Crippen LogP contribution < -0.4 is 0 Å². The SMILES string of the molecule is COC(=O)C[C@H]1CCCN(C2CCN(C(=O)OC(C)(C)C)CC2)C1=O. The Balaban J connectivity index is 1.88. The zero-order chi connectivity index (χ0) is 18.6. The van der Waals surface area contributed by atoms with Crippen LogP contribution in [0.5, 0.6) is 0 Å². The second kappa shape index (κ2) is 8.06. The Labute approximate surface area is 149 Å². The number of nitrogens with zero attached hydrogens (tertiary/aromatic N) is 2. The fourth-order valence-electron chi connectivity index (χ4n) is 3.50. The van der Waals surface area contributed by atoms with E-state index >= 15 is 0 Å². The maximum atomic E-state index is 12.7. The lowest BCUT2D eigenvalue weighted by Gasteiger charge is -2.42. The summed E-state index contributed by atoms with van der Waals surface area (Å²) in [4.78, 5) is 39.9. The summed E-state index contributed by atoms with van der Waals surface area (Å²) in [6.07, 6.45) is 2.99. The van der Waals surface area contributed by atoms with E-state index in [1.807, 2.05) is 25.7 Å². The summed E-state index contributed by atoms with van der Waals surface area (Å²) in [5.41, 5.74) is -0.502. The summed E-state index contributed by atoms with van der Waals surface area (Å²) < 4.78 is 10.1. The first-order valence-electron chi connectivity index (χ1n) is 9.06. The van der Waals surface area contributed by atoms with E-state index in [-0.39, 0.29) is 36.4 Å². The molecular formula is C18H30N2O5. The van der Waals surface area contributed by atoms with Gasteiger partial charge in [0, 0.05) is 31.6 Å². The fraction of sp³-hybridized carbons (Fsp3) is 0.833. The van der Waals surface area contributed by atoms with E-state index in [0.29, 0.717) is 13.1 Å². The number of likely N-dealkylation sites (tertiary alicyclic amines) is 2. The number of methoxy groups -OCH3 is 1. The Kier molecular flexibility index (Phi) is 6.30. The Morgan fingerprint density at radius 3 is 2.32 bits per heavy atom. The van der Waals surface area contributed by atoms with Crippen molar-refractivity contribution in [2.75, 3.05) is 26.7 Å². The van der Waals surface area contributed by atoms with Gasteiger partial charge in [-0.05, 0) is 46.5 Å². The van der Waals surface area contributed by atoms with Crippen molar-refractivity contribution < 1.29 is 23.9 Å². The molecule has 0 N–H and O–H groups in total. The van der Waals surface area contributed by atoms with Gasteiger partial charge in [-0.3, -0.25) is 9.59 Å². The molecule has 0 radical (unpaired) electrons. The summed E-state index contributed by atoms with van der Waals surface area (Å²) in [6, 6.07) is 0.131. The molecule has 1 atom stereocenters. The predicted molar refractivity (Wildman–Crippen MR) is 91.9 cm³/mol. The van der Waals surface area contributed by atoms with E-state index in [2.05, 4.69) is 0 Å². The highest BCUT2D eigenvalue weighted by molar-refractivity contribution is 5.84. The lowest BCUT2D eigenvalue weighted by molar-refractivity contribution is -0.150.